The average Bonchev–Trinajstić information content (AvgIpc) is 2.62. The molecule has 0 bridgehead atoms. The van der Waals surface area contributed by atoms with Gasteiger partial charge in [-0.1, -0.05) is 30.3 Å². The number of nitrogens with zero attached hydrogens (tertiary/aromatic N) is 1. The molecule has 3 rings (SSSR count). The Hall–Kier alpha value is -2.04. The summed E-state index contributed by atoms with van der Waals surface area (Å²) in [6, 6.07) is 14.1. The smallest absolute Gasteiger partial charge is 0.151 e. The largest absolute Gasteiger partial charge is 0.313 e. The molecule has 0 spiro atoms. The van der Waals surface area contributed by atoms with Crippen molar-refractivity contribution in [1.29, 1.82) is 0 Å². The fourth-order valence-corrected chi connectivity index (χ4v) is 2.93. The zero-order valence-electron chi connectivity index (χ0n) is 12.5. The van der Waals surface area contributed by atoms with E-state index in [0.717, 1.165) is 25.2 Å². The molecule has 1 aromatic heterocycles. The maximum Gasteiger partial charge on any atom is 0.151 e. The van der Waals surface area contributed by atoms with E-state index >= 15 is 0 Å². The third-order valence-corrected chi connectivity index (χ3v) is 4.15. The highest BCUT2D eigenvalue weighted by Gasteiger charge is 2.25. The van der Waals surface area contributed by atoms with Crippen molar-refractivity contribution in [2.24, 2.45) is 0 Å². The molecule has 2 atom stereocenters. The second-order valence-electron chi connectivity index (χ2n) is 5.63. The molecule has 0 saturated carbocycles. The van der Waals surface area contributed by atoms with Gasteiger partial charge in [-0.05, 0) is 23.3 Å². The van der Waals surface area contributed by atoms with Crippen molar-refractivity contribution >= 4 is 5.78 Å². The van der Waals surface area contributed by atoms with E-state index in [1.807, 2.05) is 30.3 Å². The van der Waals surface area contributed by atoms with Crippen molar-refractivity contribution in [2.75, 3.05) is 19.6 Å². The fourth-order valence-electron chi connectivity index (χ4n) is 2.93. The maximum absolute atomic E-state index is 12.6. The Balaban J connectivity index is 1.81. The molecule has 4 nitrogen and oxygen atoms in total. The van der Waals surface area contributed by atoms with Crippen molar-refractivity contribution in [1.82, 2.24) is 15.6 Å². The molecule has 114 valence electrons. The Morgan fingerprint density at radius 3 is 2.50 bits per heavy atom. The van der Waals surface area contributed by atoms with Crippen LogP contribution in [0.25, 0.3) is 0 Å². The van der Waals surface area contributed by atoms with E-state index < -0.39 is 0 Å². The predicted molar refractivity (Wildman–Crippen MR) is 86.8 cm³/mol. The van der Waals surface area contributed by atoms with E-state index in [2.05, 4.69) is 27.8 Å². The molecule has 2 N–H and O–H groups in total. The van der Waals surface area contributed by atoms with Gasteiger partial charge in [-0.15, -0.1) is 0 Å². The highest BCUT2D eigenvalue weighted by Crippen LogP contribution is 2.28. The molecule has 1 aliphatic heterocycles. The maximum atomic E-state index is 12.6. The number of hydrogen-bond acceptors (Lipinski definition) is 4. The molecule has 2 heterocycles. The first-order valence-corrected chi connectivity index (χ1v) is 7.76. The highest BCUT2D eigenvalue weighted by molar-refractivity contribution is 5.85. The Bertz CT molecular complexity index is 555. The van der Waals surface area contributed by atoms with Crippen LogP contribution in [0.2, 0.25) is 0 Å². The summed E-state index contributed by atoms with van der Waals surface area (Å²) in [6.45, 7) is 2.49. The van der Waals surface area contributed by atoms with Crippen molar-refractivity contribution in [2.45, 2.75) is 18.4 Å². The van der Waals surface area contributed by atoms with E-state index in [1.165, 1.54) is 5.56 Å². The number of ketones is 1. The summed E-state index contributed by atoms with van der Waals surface area (Å²) in [5, 5.41) is 6.58. The van der Waals surface area contributed by atoms with E-state index in [9.17, 15) is 4.79 Å². The zero-order valence-corrected chi connectivity index (χ0v) is 12.5. The van der Waals surface area contributed by atoms with Gasteiger partial charge in [0.2, 0.25) is 0 Å². The van der Waals surface area contributed by atoms with Crippen molar-refractivity contribution in [3.05, 3.63) is 66.0 Å². The lowest BCUT2D eigenvalue weighted by Gasteiger charge is -2.25. The second-order valence-corrected chi connectivity index (χ2v) is 5.63. The Morgan fingerprint density at radius 1 is 1.09 bits per heavy atom. The number of hydrogen-bond donors (Lipinski definition) is 2. The van der Waals surface area contributed by atoms with Crippen LogP contribution in [0.15, 0.2) is 54.9 Å². The highest BCUT2D eigenvalue weighted by atomic mass is 16.1. The molecule has 0 aliphatic carbocycles. The van der Waals surface area contributed by atoms with Crippen LogP contribution in [0.5, 0.6) is 0 Å². The summed E-state index contributed by atoms with van der Waals surface area (Å²) in [7, 11) is 0. The average molecular weight is 295 g/mol. The number of benzene rings is 1. The number of Topliss-reactive ketones (excluding diaryl/α,β-unsaturated/α-hetero) is 1. The van der Waals surface area contributed by atoms with Crippen LogP contribution in [0.3, 0.4) is 0 Å². The topological polar surface area (TPSA) is 54.0 Å². The minimum atomic E-state index is -0.0817. The van der Waals surface area contributed by atoms with Gasteiger partial charge in [0.1, 0.15) is 0 Å². The SMILES string of the molecule is O=C(CC(c1ccccc1)c1ccncc1)C1CNCCN1. The van der Waals surface area contributed by atoms with Gasteiger partial charge in [0.25, 0.3) is 0 Å². The first-order valence-electron chi connectivity index (χ1n) is 7.76. The normalized spacial score (nSPS) is 19.5. The first-order chi connectivity index (χ1) is 10.8. The van der Waals surface area contributed by atoms with Crippen LogP contribution in [0.1, 0.15) is 23.5 Å². The van der Waals surface area contributed by atoms with Gasteiger partial charge in [0.15, 0.2) is 5.78 Å². The lowest BCUT2D eigenvalue weighted by molar-refractivity contribution is -0.121. The van der Waals surface area contributed by atoms with Gasteiger partial charge in [-0.2, -0.15) is 0 Å². The molecule has 2 unspecified atom stereocenters. The van der Waals surface area contributed by atoms with Gasteiger partial charge >= 0.3 is 0 Å². The van der Waals surface area contributed by atoms with Crippen LogP contribution >= 0.6 is 0 Å². The van der Waals surface area contributed by atoms with Crippen molar-refractivity contribution in [3.8, 4) is 0 Å². The van der Waals surface area contributed by atoms with Gasteiger partial charge in [-0.25, -0.2) is 0 Å². The predicted octanol–water partition coefficient (Wildman–Crippen LogP) is 1.73. The summed E-state index contributed by atoms with van der Waals surface area (Å²) in [5.74, 6) is 0.346. The molecular weight excluding hydrogens is 274 g/mol. The molecule has 1 saturated heterocycles. The zero-order chi connectivity index (χ0) is 15.2. The standard InChI is InChI=1S/C18H21N3O/c22-18(17-13-20-10-11-21-17)12-16(14-4-2-1-3-5-14)15-6-8-19-9-7-15/h1-9,16-17,20-21H,10-13H2. The molecule has 1 aromatic carbocycles. The lowest BCUT2D eigenvalue weighted by atomic mass is 9.86. The first kappa shape index (κ1) is 14.9. The van der Waals surface area contributed by atoms with Gasteiger partial charge in [-0.3, -0.25) is 9.78 Å². The van der Waals surface area contributed by atoms with Crippen LogP contribution in [-0.2, 0) is 4.79 Å². The summed E-state index contributed by atoms with van der Waals surface area (Å²) in [5.41, 5.74) is 2.31. The molecule has 4 heteroatoms. The number of pyridine rings is 1. The molecule has 1 fully saturated rings. The van der Waals surface area contributed by atoms with Crippen LogP contribution in [0.4, 0.5) is 0 Å². The Kier molecular flexibility index (Phi) is 4.93. The summed E-state index contributed by atoms with van der Waals surface area (Å²) in [6.07, 6.45) is 4.08. The Labute approximate surface area is 131 Å². The number of aromatic nitrogens is 1. The van der Waals surface area contributed by atoms with Crippen LogP contribution < -0.4 is 10.6 Å². The molecule has 0 amide bonds. The molecule has 1 aliphatic rings. The molecule has 0 radical (unpaired) electrons. The quantitative estimate of drug-likeness (QED) is 0.882. The minimum absolute atomic E-state index is 0.0817. The van der Waals surface area contributed by atoms with Crippen molar-refractivity contribution in [3.63, 3.8) is 0 Å². The number of nitrogens with one attached hydrogen (secondary N) is 2. The van der Waals surface area contributed by atoms with E-state index in [4.69, 9.17) is 0 Å². The monoisotopic (exact) mass is 295 g/mol. The summed E-state index contributed by atoms with van der Waals surface area (Å²) >= 11 is 0. The second kappa shape index (κ2) is 7.29. The van der Waals surface area contributed by atoms with Gasteiger partial charge in [0, 0.05) is 44.4 Å². The lowest BCUT2D eigenvalue weighted by Crippen LogP contribution is -2.52. The molecule has 22 heavy (non-hydrogen) atoms. The number of carbonyl (C=O) groups excluding carboxylic acids is 1. The van der Waals surface area contributed by atoms with Gasteiger partial charge < -0.3 is 10.6 Å². The van der Waals surface area contributed by atoms with E-state index in [1.54, 1.807) is 12.4 Å². The minimum Gasteiger partial charge on any atom is -0.313 e. The van der Waals surface area contributed by atoms with Gasteiger partial charge in [0.05, 0.1) is 6.04 Å². The summed E-state index contributed by atoms with van der Waals surface area (Å²) in [4.78, 5) is 16.7. The third kappa shape index (κ3) is 3.59. The van der Waals surface area contributed by atoms with Crippen LogP contribution in [-0.4, -0.2) is 36.4 Å². The molecular formula is C18H21N3O. The number of rotatable bonds is 5. The molecule has 2 aromatic rings. The third-order valence-electron chi connectivity index (χ3n) is 4.15. The van der Waals surface area contributed by atoms with E-state index in [0.29, 0.717) is 6.42 Å². The Morgan fingerprint density at radius 2 is 1.82 bits per heavy atom. The summed E-state index contributed by atoms with van der Waals surface area (Å²) < 4.78 is 0. The number of carbonyl (C=O) groups is 1. The van der Waals surface area contributed by atoms with Crippen LogP contribution in [0, 0.1) is 0 Å². The van der Waals surface area contributed by atoms with Crippen molar-refractivity contribution < 1.29 is 4.79 Å². The number of piperazine rings is 1. The fraction of sp³-hybridized carbons (Fsp3) is 0.333. The van der Waals surface area contributed by atoms with E-state index in [-0.39, 0.29) is 17.7 Å².